The first-order valence-corrected chi connectivity index (χ1v) is 14.0. The van der Waals surface area contributed by atoms with Gasteiger partial charge in [0.1, 0.15) is 0 Å². The fourth-order valence-electron chi connectivity index (χ4n) is 4.75. The highest BCUT2D eigenvalue weighted by molar-refractivity contribution is 5.67. The Morgan fingerprint density at radius 1 is 0.344 bits per heavy atom. The maximum absolute atomic E-state index is 2.50. The normalized spacial score (nSPS) is 11.2. The van der Waals surface area contributed by atoms with Gasteiger partial charge >= 0.3 is 0 Å². The van der Waals surface area contributed by atoms with E-state index in [0.717, 1.165) is 0 Å². The molecule has 2 aromatic rings. The average molecular weight is 435 g/mol. The number of hydrogen-bond acceptors (Lipinski definition) is 0. The molecule has 0 heterocycles. The second kappa shape index (κ2) is 16.1. The van der Waals surface area contributed by atoms with Crippen molar-refractivity contribution in [2.75, 3.05) is 0 Å². The largest absolute Gasteiger partial charge is 0.0654 e. The van der Waals surface area contributed by atoms with Gasteiger partial charge in [0.2, 0.25) is 0 Å². The van der Waals surface area contributed by atoms with Gasteiger partial charge in [-0.2, -0.15) is 0 Å². The minimum Gasteiger partial charge on any atom is -0.0654 e. The van der Waals surface area contributed by atoms with Crippen molar-refractivity contribution in [3.05, 3.63) is 58.7 Å². The summed E-state index contributed by atoms with van der Waals surface area (Å²) < 4.78 is 0. The summed E-state index contributed by atoms with van der Waals surface area (Å²) in [5.41, 5.74) is 9.11. The van der Waals surface area contributed by atoms with Crippen molar-refractivity contribution in [1.29, 1.82) is 0 Å². The van der Waals surface area contributed by atoms with Gasteiger partial charge in [0.15, 0.2) is 0 Å². The van der Waals surface area contributed by atoms with Crippen molar-refractivity contribution >= 4 is 0 Å². The van der Waals surface area contributed by atoms with Crippen molar-refractivity contribution in [2.24, 2.45) is 0 Å². The molecule has 32 heavy (non-hydrogen) atoms. The molecule has 0 radical (unpaired) electrons. The lowest BCUT2D eigenvalue weighted by atomic mass is 9.91. The van der Waals surface area contributed by atoms with E-state index in [4.69, 9.17) is 0 Å². The van der Waals surface area contributed by atoms with Crippen molar-refractivity contribution in [3.63, 3.8) is 0 Å². The van der Waals surface area contributed by atoms with Gasteiger partial charge in [-0.1, -0.05) is 115 Å². The monoisotopic (exact) mass is 434 g/mol. The maximum Gasteiger partial charge on any atom is -0.0178 e. The quantitative estimate of drug-likeness (QED) is 0.217. The first kappa shape index (κ1) is 26.7. The molecule has 0 saturated heterocycles. The summed E-state index contributed by atoms with van der Waals surface area (Å²) in [6, 6.07) is 15.0. The summed E-state index contributed by atoms with van der Waals surface area (Å²) in [4.78, 5) is 0. The molecule has 0 aliphatic heterocycles. The minimum atomic E-state index is 1.22. The predicted molar refractivity (Wildman–Crippen MR) is 145 cm³/mol. The molecule has 0 aromatic heterocycles. The van der Waals surface area contributed by atoms with Crippen LogP contribution in [0, 0.1) is 0 Å². The Bertz CT molecular complexity index is 633. The van der Waals surface area contributed by atoms with E-state index >= 15 is 0 Å². The topological polar surface area (TPSA) is 0 Å². The zero-order chi connectivity index (χ0) is 23.0. The number of benzene rings is 2. The Morgan fingerprint density at radius 3 is 0.812 bits per heavy atom. The molecule has 0 atom stereocenters. The lowest BCUT2D eigenvalue weighted by Crippen LogP contribution is -1.96. The third-order valence-electron chi connectivity index (χ3n) is 6.71. The van der Waals surface area contributed by atoms with E-state index in [0.29, 0.717) is 0 Å². The Balaban J connectivity index is 2.34. The second-order valence-electron chi connectivity index (χ2n) is 9.90. The predicted octanol–water partition coefficient (Wildman–Crippen LogP) is 10.3. The van der Waals surface area contributed by atoms with Crippen LogP contribution in [0.2, 0.25) is 0 Å². The van der Waals surface area contributed by atoms with E-state index in [2.05, 4.69) is 64.1 Å². The molecule has 0 amide bonds. The fraction of sp³-hybridized carbons (Fsp3) is 0.625. The van der Waals surface area contributed by atoms with E-state index in [9.17, 15) is 0 Å². The molecule has 0 heteroatoms. The lowest BCUT2D eigenvalue weighted by molar-refractivity contribution is 0.708. The number of unbranched alkanes of at least 4 members (excludes halogenated alkanes) is 8. The third-order valence-corrected chi connectivity index (χ3v) is 6.71. The molecular formula is C32H50. The van der Waals surface area contributed by atoms with Gasteiger partial charge in [-0.05, 0) is 84.7 Å². The van der Waals surface area contributed by atoms with Gasteiger partial charge in [-0.15, -0.1) is 0 Å². The third kappa shape index (κ3) is 9.93. The first-order chi connectivity index (χ1) is 15.7. The molecule has 0 nitrogen and oxygen atoms in total. The first-order valence-electron chi connectivity index (χ1n) is 14.0. The highest BCUT2D eigenvalue weighted by atomic mass is 14.1. The molecule has 0 unspecified atom stereocenters. The van der Waals surface area contributed by atoms with E-state index in [1.165, 1.54) is 114 Å². The molecule has 0 saturated carbocycles. The molecule has 0 fully saturated rings. The minimum absolute atomic E-state index is 1.22. The fourth-order valence-corrected chi connectivity index (χ4v) is 4.75. The van der Waals surface area contributed by atoms with Gasteiger partial charge in [0, 0.05) is 0 Å². The molecule has 2 rings (SSSR count). The Labute approximate surface area is 200 Å². The van der Waals surface area contributed by atoms with Crippen molar-refractivity contribution < 1.29 is 0 Å². The van der Waals surface area contributed by atoms with E-state index in [1.54, 1.807) is 22.3 Å². The molecule has 0 aliphatic carbocycles. The molecule has 0 N–H and O–H groups in total. The average Bonchev–Trinajstić information content (AvgIpc) is 2.80. The molecule has 0 bridgehead atoms. The van der Waals surface area contributed by atoms with Crippen LogP contribution in [-0.2, 0) is 25.7 Å². The standard InChI is InChI=1S/C32H50/c1-5-9-13-17-27-21-28(18-14-10-6-2)24-31(23-27)32-25-29(19-15-11-7-3)22-30(26-32)20-16-12-8-4/h21-26H,5-20H2,1-4H3. The summed E-state index contributed by atoms with van der Waals surface area (Å²) in [5, 5.41) is 0. The molecule has 2 aromatic carbocycles. The Hall–Kier alpha value is -1.56. The number of hydrogen-bond donors (Lipinski definition) is 0. The van der Waals surface area contributed by atoms with Crippen molar-refractivity contribution in [3.8, 4) is 11.1 Å². The highest BCUT2D eigenvalue weighted by Crippen LogP contribution is 2.28. The SMILES string of the molecule is CCCCCc1cc(CCCCC)cc(-c2cc(CCCCC)cc(CCCCC)c2)c1. The van der Waals surface area contributed by atoms with Gasteiger partial charge < -0.3 is 0 Å². The summed E-state index contributed by atoms with van der Waals surface area (Å²) in [5.74, 6) is 0. The van der Waals surface area contributed by atoms with Gasteiger partial charge in [-0.3, -0.25) is 0 Å². The molecule has 0 aliphatic rings. The summed E-state index contributed by atoms with van der Waals surface area (Å²) in [7, 11) is 0. The Kier molecular flexibility index (Phi) is 13.4. The van der Waals surface area contributed by atoms with Crippen LogP contribution in [0.4, 0.5) is 0 Å². The number of rotatable bonds is 17. The second-order valence-corrected chi connectivity index (χ2v) is 9.90. The summed E-state index contributed by atoms with van der Waals surface area (Å²) in [6.07, 6.45) is 20.7. The highest BCUT2D eigenvalue weighted by Gasteiger charge is 2.08. The summed E-state index contributed by atoms with van der Waals surface area (Å²) in [6.45, 7) is 9.21. The molecular weight excluding hydrogens is 384 g/mol. The van der Waals surface area contributed by atoms with E-state index in [1.807, 2.05) is 0 Å². The van der Waals surface area contributed by atoms with Crippen LogP contribution in [0.15, 0.2) is 36.4 Å². The molecule has 178 valence electrons. The van der Waals surface area contributed by atoms with Crippen molar-refractivity contribution in [2.45, 2.75) is 130 Å². The van der Waals surface area contributed by atoms with E-state index in [-0.39, 0.29) is 0 Å². The zero-order valence-electron chi connectivity index (χ0n) is 21.8. The van der Waals surface area contributed by atoms with Crippen LogP contribution in [0.5, 0.6) is 0 Å². The van der Waals surface area contributed by atoms with Crippen LogP contribution in [-0.4, -0.2) is 0 Å². The summed E-state index contributed by atoms with van der Waals surface area (Å²) >= 11 is 0. The zero-order valence-corrected chi connectivity index (χ0v) is 21.8. The van der Waals surface area contributed by atoms with Crippen LogP contribution in [0.25, 0.3) is 11.1 Å². The molecule has 0 spiro atoms. The van der Waals surface area contributed by atoms with Crippen LogP contribution >= 0.6 is 0 Å². The van der Waals surface area contributed by atoms with Crippen LogP contribution in [0.3, 0.4) is 0 Å². The lowest BCUT2D eigenvalue weighted by Gasteiger charge is -2.14. The van der Waals surface area contributed by atoms with Crippen molar-refractivity contribution in [1.82, 2.24) is 0 Å². The Morgan fingerprint density at radius 2 is 0.594 bits per heavy atom. The van der Waals surface area contributed by atoms with E-state index < -0.39 is 0 Å². The van der Waals surface area contributed by atoms with Gasteiger partial charge in [-0.25, -0.2) is 0 Å². The van der Waals surface area contributed by atoms with Crippen LogP contribution < -0.4 is 0 Å². The smallest absolute Gasteiger partial charge is 0.0178 e. The number of aryl methyl sites for hydroxylation is 4. The van der Waals surface area contributed by atoms with Gasteiger partial charge in [0.25, 0.3) is 0 Å². The van der Waals surface area contributed by atoms with Crippen LogP contribution in [0.1, 0.15) is 127 Å². The maximum atomic E-state index is 2.50. The van der Waals surface area contributed by atoms with Gasteiger partial charge in [0.05, 0.1) is 0 Å².